The van der Waals surface area contributed by atoms with Gasteiger partial charge >= 0.3 is 0 Å². The Hall–Kier alpha value is -2.13. The molecular formula is C17H15FN4OS2. The Labute approximate surface area is 151 Å². The third-order valence-corrected chi connectivity index (χ3v) is 5.94. The molecule has 128 valence electrons. The highest BCUT2D eigenvalue weighted by atomic mass is 32.1. The summed E-state index contributed by atoms with van der Waals surface area (Å²) in [6, 6.07) is 10.7. The Bertz CT molecular complexity index is 880. The van der Waals surface area contributed by atoms with E-state index in [0.29, 0.717) is 15.4 Å². The molecule has 3 aromatic rings. The van der Waals surface area contributed by atoms with Gasteiger partial charge in [0.2, 0.25) is 0 Å². The maximum Gasteiger partial charge on any atom is 0.264 e. The number of rotatable bonds is 4. The molecule has 0 radical (unpaired) electrons. The number of hydrogen-bond acceptors (Lipinski definition) is 6. The largest absolute Gasteiger partial charge is 0.335 e. The van der Waals surface area contributed by atoms with Crippen LogP contribution in [0.25, 0.3) is 10.6 Å². The molecule has 1 aromatic carbocycles. The zero-order chi connectivity index (χ0) is 17.2. The quantitative estimate of drug-likeness (QED) is 0.656. The molecule has 0 saturated carbocycles. The van der Waals surface area contributed by atoms with Gasteiger partial charge in [-0.1, -0.05) is 18.2 Å². The number of aromatic nitrogens is 1. The third-order valence-electron chi connectivity index (χ3n) is 3.93. The van der Waals surface area contributed by atoms with Crippen LogP contribution in [0.4, 0.5) is 4.39 Å². The molecule has 1 aliphatic heterocycles. The van der Waals surface area contributed by atoms with Crippen molar-refractivity contribution in [3.63, 3.8) is 0 Å². The number of carbonyl (C=O) groups is 1. The van der Waals surface area contributed by atoms with Crippen LogP contribution in [0.5, 0.6) is 0 Å². The van der Waals surface area contributed by atoms with Crippen molar-refractivity contribution >= 4 is 28.6 Å². The summed E-state index contributed by atoms with van der Waals surface area (Å²) >= 11 is 2.86. The topological polar surface area (TPSA) is 66.1 Å². The first-order valence-corrected chi connectivity index (χ1v) is 9.46. The molecule has 2 atom stereocenters. The minimum atomic E-state index is -0.343. The molecule has 2 unspecified atom stereocenters. The lowest BCUT2D eigenvalue weighted by atomic mass is 10.2. The van der Waals surface area contributed by atoms with Gasteiger partial charge < -0.3 is 5.32 Å². The Kier molecular flexibility index (Phi) is 4.58. The van der Waals surface area contributed by atoms with E-state index in [1.807, 2.05) is 11.4 Å². The van der Waals surface area contributed by atoms with Crippen LogP contribution in [0.1, 0.15) is 27.0 Å². The Morgan fingerprint density at radius 2 is 2.12 bits per heavy atom. The molecule has 4 rings (SSSR count). The molecule has 0 spiro atoms. The molecule has 8 heteroatoms. The van der Waals surface area contributed by atoms with E-state index in [1.165, 1.54) is 28.5 Å². The third kappa shape index (κ3) is 3.47. The van der Waals surface area contributed by atoms with E-state index >= 15 is 0 Å². The van der Waals surface area contributed by atoms with Gasteiger partial charge in [-0.15, -0.1) is 22.7 Å². The van der Waals surface area contributed by atoms with Crippen molar-refractivity contribution in [1.29, 1.82) is 0 Å². The first kappa shape index (κ1) is 16.3. The molecule has 5 nitrogen and oxygen atoms in total. The maximum atomic E-state index is 13.8. The number of thiazole rings is 1. The van der Waals surface area contributed by atoms with E-state index in [-0.39, 0.29) is 23.9 Å². The number of thiophene rings is 1. The summed E-state index contributed by atoms with van der Waals surface area (Å²) in [5.74, 6) is -0.560. The van der Waals surface area contributed by atoms with E-state index in [9.17, 15) is 9.18 Å². The number of carbonyl (C=O) groups excluding carboxylic acids is 1. The standard InChI is InChI=1S/C17H15FN4OS2/c18-11-5-2-1-4-10(11)17-19-9-14(25-17)16(23)20-15-8-12(21-22-15)13-6-3-7-24-13/h1-7,9,12,15,21-22H,8H2,(H,20,23). The van der Waals surface area contributed by atoms with Gasteiger partial charge in [-0.25, -0.2) is 20.2 Å². The normalized spacial score (nSPS) is 19.9. The molecular weight excluding hydrogens is 359 g/mol. The average molecular weight is 374 g/mol. The number of nitrogens with one attached hydrogen (secondary N) is 3. The second-order valence-corrected chi connectivity index (χ2v) is 7.64. The number of benzene rings is 1. The number of hydrazine groups is 1. The van der Waals surface area contributed by atoms with Crippen LogP contribution < -0.4 is 16.2 Å². The highest BCUT2D eigenvalue weighted by molar-refractivity contribution is 7.16. The maximum absolute atomic E-state index is 13.8. The van der Waals surface area contributed by atoms with Gasteiger partial charge in [-0.05, 0) is 23.6 Å². The summed E-state index contributed by atoms with van der Waals surface area (Å²) in [6.07, 6.45) is 2.07. The number of nitrogens with zero attached hydrogens (tertiary/aromatic N) is 1. The predicted octanol–water partition coefficient (Wildman–Crippen LogP) is 3.31. The monoisotopic (exact) mass is 374 g/mol. The summed E-state index contributed by atoms with van der Waals surface area (Å²) in [4.78, 5) is 18.3. The minimum Gasteiger partial charge on any atom is -0.335 e. The summed E-state index contributed by atoms with van der Waals surface area (Å²) in [5.41, 5.74) is 6.69. The van der Waals surface area contributed by atoms with E-state index < -0.39 is 0 Å². The van der Waals surface area contributed by atoms with Gasteiger partial charge in [0.1, 0.15) is 15.7 Å². The summed E-state index contributed by atoms with van der Waals surface area (Å²) in [7, 11) is 0. The lowest BCUT2D eigenvalue weighted by Crippen LogP contribution is -2.43. The fourth-order valence-corrected chi connectivity index (χ4v) is 4.33. The van der Waals surface area contributed by atoms with Gasteiger partial charge in [0, 0.05) is 16.9 Å². The number of amides is 1. The molecule has 3 N–H and O–H groups in total. The van der Waals surface area contributed by atoms with E-state index in [2.05, 4.69) is 27.2 Å². The van der Waals surface area contributed by atoms with Crippen molar-refractivity contribution < 1.29 is 9.18 Å². The van der Waals surface area contributed by atoms with Crippen LogP contribution in [0, 0.1) is 5.82 Å². The fourth-order valence-electron chi connectivity index (χ4n) is 2.69. The minimum absolute atomic E-state index is 0.168. The molecule has 1 aliphatic rings. The summed E-state index contributed by atoms with van der Waals surface area (Å²) in [6.45, 7) is 0. The molecule has 1 amide bonds. The van der Waals surface area contributed by atoms with Gasteiger partial charge in [0.25, 0.3) is 5.91 Å². The summed E-state index contributed by atoms with van der Waals surface area (Å²) in [5, 5.41) is 5.46. The molecule has 3 heterocycles. The van der Waals surface area contributed by atoms with Crippen molar-refractivity contribution in [3.8, 4) is 10.6 Å². The Morgan fingerprint density at radius 1 is 1.24 bits per heavy atom. The van der Waals surface area contributed by atoms with E-state index in [1.54, 1.807) is 29.5 Å². The molecule has 2 aromatic heterocycles. The molecule has 1 saturated heterocycles. The first-order chi connectivity index (χ1) is 12.2. The van der Waals surface area contributed by atoms with Crippen molar-refractivity contribution in [2.75, 3.05) is 0 Å². The van der Waals surface area contributed by atoms with E-state index in [4.69, 9.17) is 0 Å². The van der Waals surface area contributed by atoms with Crippen molar-refractivity contribution in [1.82, 2.24) is 21.2 Å². The zero-order valence-corrected chi connectivity index (χ0v) is 14.7. The van der Waals surface area contributed by atoms with Crippen LogP contribution in [-0.2, 0) is 0 Å². The fraction of sp³-hybridized carbons (Fsp3) is 0.176. The van der Waals surface area contributed by atoms with E-state index in [0.717, 1.165) is 6.42 Å². The van der Waals surface area contributed by atoms with Gasteiger partial charge in [-0.2, -0.15) is 0 Å². The number of halogens is 1. The summed E-state index contributed by atoms with van der Waals surface area (Å²) < 4.78 is 13.8. The smallest absolute Gasteiger partial charge is 0.264 e. The highest BCUT2D eigenvalue weighted by Gasteiger charge is 2.27. The number of hydrogen-bond donors (Lipinski definition) is 3. The first-order valence-electron chi connectivity index (χ1n) is 7.77. The average Bonchev–Trinajstić information content (AvgIpc) is 3.36. The van der Waals surface area contributed by atoms with Crippen molar-refractivity contribution in [3.05, 3.63) is 63.5 Å². The van der Waals surface area contributed by atoms with Gasteiger partial charge in [0.05, 0.1) is 18.4 Å². The van der Waals surface area contributed by atoms with Crippen molar-refractivity contribution in [2.45, 2.75) is 18.6 Å². The second-order valence-electron chi connectivity index (χ2n) is 5.63. The molecule has 25 heavy (non-hydrogen) atoms. The lowest BCUT2D eigenvalue weighted by molar-refractivity contribution is 0.0936. The zero-order valence-electron chi connectivity index (χ0n) is 13.0. The van der Waals surface area contributed by atoms with Crippen LogP contribution in [-0.4, -0.2) is 17.1 Å². The lowest BCUT2D eigenvalue weighted by Gasteiger charge is -2.10. The van der Waals surface area contributed by atoms with Crippen LogP contribution in [0.15, 0.2) is 48.0 Å². The van der Waals surface area contributed by atoms with Crippen LogP contribution >= 0.6 is 22.7 Å². The highest BCUT2D eigenvalue weighted by Crippen LogP contribution is 2.28. The molecule has 0 aliphatic carbocycles. The Balaban J connectivity index is 1.42. The Morgan fingerprint density at radius 3 is 2.92 bits per heavy atom. The molecule has 0 bridgehead atoms. The van der Waals surface area contributed by atoms with Gasteiger partial charge in [0.15, 0.2) is 0 Å². The molecule has 1 fully saturated rings. The van der Waals surface area contributed by atoms with Crippen LogP contribution in [0.3, 0.4) is 0 Å². The SMILES string of the molecule is O=C(NC1CC(c2cccs2)NN1)c1cnc(-c2ccccc2F)s1. The predicted molar refractivity (Wildman–Crippen MR) is 96.7 cm³/mol. The van der Waals surface area contributed by atoms with Crippen molar-refractivity contribution in [2.24, 2.45) is 0 Å². The van der Waals surface area contributed by atoms with Gasteiger partial charge in [-0.3, -0.25) is 4.79 Å². The second kappa shape index (κ2) is 7.01. The van der Waals surface area contributed by atoms with Crippen LogP contribution in [0.2, 0.25) is 0 Å².